The van der Waals surface area contributed by atoms with Crippen LogP contribution in [-0.2, 0) is 9.59 Å². The van der Waals surface area contributed by atoms with Crippen molar-refractivity contribution in [2.24, 2.45) is 0 Å². The fourth-order valence-electron chi connectivity index (χ4n) is 2.07. The van der Waals surface area contributed by atoms with E-state index >= 15 is 0 Å². The van der Waals surface area contributed by atoms with Gasteiger partial charge in [0.1, 0.15) is 29.2 Å². The Morgan fingerprint density at radius 2 is 1.83 bits per heavy atom. The third-order valence-electron chi connectivity index (χ3n) is 3.23. The largest absolute Gasteiger partial charge is 0.467 e. The van der Waals surface area contributed by atoms with Crippen molar-refractivity contribution in [3.8, 4) is 0 Å². The first-order chi connectivity index (χ1) is 11.4. The molecule has 6 nitrogen and oxygen atoms in total. The van der Waals surface area contributed by atoms with Crippen LogP contribution in [0.2, 0.25) is 0 Å². The Hall–Kier alpha value is -2.74. The molecule has 128 valence electrons. The predicted octanol–water partition coefficient (Wildman–Crippen LogP) is 2.12. The third-order valence-corrected chi connectivity index (χ3v) is 3.23. The highest BCUT2D eigenvalue weighted by Gasteiger charge is 2.22. The van der Waals surface area contributed by atoms with Crippen LogP contribution in [0.5, 0.6) is 0 Å². The molecule has 2 amide bonds. The molecular formula is C16H16F2N2O4. The monoisotopic (exact) mass is 338 g/mol. The average Bonchev–Trinajstić information content (AvgIpc) is 3.05. The van der Waals surface area contributed by atoms with Gasteiger partial charge in [-0.25, -0.2) is 8.78 Å². The Balaban J connectivity index is 1.90. The molecule has 3 N–H and O–H groups in total. The van der Waals surface area contributed by atoms with Crippen LogP contribution in [0.4, 0.5) is 14.5 Å². The SMILES string of the molecule is CC(CC(O)c1ccco1)NC(=O)C(=O)Nc1c(F)cccc1F. The lowest BCUT2D eigenvalue weighted by Crippen LogP contribution is -2.41. The average molecular weight is 338 g/mol. The first kappa shape index (κ1) is 17.6. The van der Waals surface area contributed by atoms with E-state index in [9.17, 15) is 23.5 Å². The second-order valence-electron chi connectivity index (χ2n) is 5.19. The Morgan fingerprint density at radius 3 is 2.42 bits per heavy atom. The van der Waals surface area contributed by atoms with E-state index < -0.39 is 41.3 Å². The summed E-state index contributed by atoms with van der Waals surface area (Å²) in [5, 5.41) is 14.1. The smallest absolute Gasteiger partial charge is 0.313 e. The van der Waals surface area contributed by atoms with Gasteiger partial charge in [-0.1, -0.05) is 6.07 Å². The van der Waals surface area contributed by atoms with Crippen molar-refractivity contribution in [1.82, 2.24) is 5.32 Å². The van der Waals surface area contributed by atoms with E-state index in [1.807, 2.05) is 5.32 Å². The fraction of sp³-hybridized carbons (Fsp3) is 0.250. The second-order valence-corrected chi connectivity index (χ2v) is 5.19. The third kappa shape index (κ3) is 4.39. The molecule has 2 atom stereocenters. The summed E-state index contributed by atoms with van der Waals surface area (Å²) < 4.78 is 31.9. The van der Waals surface area contributed by atoms with Crippen molar-refractivity contribution in [1.29, 1.82) is 0 Å². The molecule has 1 aromatic carbocycles. The molecule has 24 heavy (non-hydrogen) atoms. The van der Waals surface area contributed by atoms with Crippen LogP contribution in [0.15, 0.2) is 41.0 Å². The van der Waals surface area contributed by atoms with Crippen LogP contribution in [0, 0.1) is 11.6 Å². The van der Waals surface area contributed by atoms with E-state index in [1.165, 1.54) is 6.26 Å². The maximum Gasteiger partial charge on any atom is 0.313 e. The van der Waals surface area contributed by atoms with Crippen LogP contribution >= 0.6 is 0 Å². The van der Waals surface area contributed by atoms with E-state index in [1.54, 1.807) is 19.1 Å². The van der Waals surface area contributed by atoms with Gasteiger partial charge in [0.05, 0.1) is 6.26 Å². The normalized spacial score (nSPS) is 13.2. The minimum Gasteiger partial charge on any atom is -0.467 e. The zero-order valence-electron chi connectivity index (χ0n) is 12.8. The van der Waals surface area contributed by atoms with Crippen molar-refractivity contribution in [3.63, 3.8) is 0 Å². The molecule has 8 heteroatoms. The van der Waals surface area contributed by atoms with Crippen LogP contribution in [0.1, 0.15) is 25.2 Å². The van der Waals surface area contributed by atoms with Gasteiger partial charge in [-0.15, -0.1) is 0 Å². The van der Waals surface area contributed by atoms with E-state index in [4.69, 9.17) is 4.42 Å². The molecule has 0 saturated heterocycles. The van der Waals surface area contributed by atoms with Gasteiger partial charge >= 0.3 is 11.8 Å². The molecule has 1 aromatic heterocycles. The number of amides is 2. The first-order valence-corrected chi connectivity index (χ1v) is 7.15. The van der Waals surface area contributed by atoms with Gasteiger partial charge in [0, 0.05) is 12.5 Å². The number of carbonyl (C=O) groups excluding carboxylic acids is 2. The van der Waals surface area contributed by atoms with Gasteiger partial charge in [-0.05, 0) is 31.2 Å². The number of hydrogen-bond acceptors (Lipinski definition) is 4. The summed E-state index contributed by atoms with van der Waals surface area (Å²) in [7, 11) is 0. The summed E-state index contributed by atoms with van der Waals surface area (Å²) in [5.74, 6) is -3.93. The summed E-state index contributed by atoms with van der Waals surface area (Å²) in [4.78, 5) is 23.5. The van der Waals surface area contributed by atoms with Gasteiger partial charge in [-0.2, -0.15) is 0 Å². The number of furan rings is 1. The maximum atomic E-state index is 13.4. The molecule has 0 aliphatic rings. The number of carbonyl (C=O) groups is 2. The molecule has 0 spiro atoms. The van der Waals surface area contributed by atoms with Gasteiger partial charge in [0.25, 0.3) is 0 Å². The number of para-hydroxylation sites is 1. The number of halogens is 2. The number of benzene rings is 1. The lowest BCUT2D eigenvalue weighted by Gasteiger charge is -2.16. The van der Waals surface area contributed by atoms with Crippen molar-refractivity contribution >= 4 is 17.5 Å². The Labute approximate surface area is 136 Å². The summed E-state index contributed by atoms with van der Waals surface area (Å²) in [5.41, 5.74) is -0.694. The van der Waals surface area contributed by atoms with Crippen LogP contribution < -0.4 is 10.6 Å². The lowest BCUT2D eigenvalue weighted by atomic mass is 10.1. The quantitative estimate of drug-likeness (QED) is 0.728. The van der Waals surface area contributed by atoms with E-state index in [0.717, 1.165) is 18.2 Å². The number of aliphatic hydroxyl groups excluding tert-OH is 1. The van der Waals surface area contributed by atoms with Crippen molar-refractivity contribution in [3.05, 3.63) is 54.0 Å². The number of hydrogen-bond donors (Lipinski definition) is 3. The van der Waals surface area contributed by atoms with Crippen molar-refractivity contribution in [2.75, 3.05) is 5.32 Å². The highest BCUT2D eigenvalue weighted by atomic mass is 19.1. The molecule has 0 saturated carbocycles. The minimum absolute atomic E-state index is 0.0978. The number of anilines is 1. The number of nitrogens with one attached hydrogen (secondary N) is 2. The van der Waals surface area contributed by atoms with Gasteiger partial charge in [0.2, 0.25) is 0 Å². The summed E-state index contributed by atoms with van der Waals surface area (Å²) in [6.07, 6.45) is 0.543. The fourth-order valence-corrected chi connectivity index (χ4v) is 2.07. The van der Waals surface area contributed by atoms with Crippen LogP contribution in [0.25, 0.3) is 0 Å². The molecule has 0 aliphatic heterocycles. The highest BCUT2D eigenvalue weighted by Crippen LogP contribution is 2.19. The van der Waals surface area contributed by atoms with E-state index in [0.29, 0.717) is 5.76 Å². The number of rotatable bonds is 5. The van der Waals surface area contributed by atoms with Gasteiger partial charge in [0.15, 0.2) is 0 Å². The van der Waals surface area contributed by atoms with Gasteiger partial charge < -0.3 is 20.2 Å². The summed E-state index contributed by atoms with van der Waals surface area (Å²) in [6.45, 7) is 1.57. The summed E-state index contributed by atoms with van der Waals surface area (Å²) in [6, 6.07) is 5.66. The number of aliphatic hydroxyl groups is 1. The molecule has 2 aromatic rings. The first-order valence-electron chi connectivity index (χ1n) is 7.15. The molecule has 0 aliphatic carbocycles. The lowest BCUT2D eigenvalue weighted by molar-refractivity contribution is -0.136. The molecule has 1 heterocycles. The zero-order valence-corrected chi connectivity index (χ0v) is 12.8. The maximum absolute atomic E-state index is 13.4. The molecule has 0 fully saturated rings. The molecule has 0 bridgehead atoms. The Bertz CT molecular complexity index is 699. The van der Waals surface area contributed by atoms with Crippen molar-refractivity contribution < 1.29 is 27.9 Å². The zero-order chi connectivity index (χ0) is 17.7. The molecule has 2 unspecified atom stereocenters. The van der Waals surface area contributed by atoms with E-state index in [2.05, 4.69) is 5.32 Å². The molecule has 0 radical (unpaired) electrons. The minimum atomic E-state index is -1.21. The van der Waals surface area contributed by atoms with E-state index in [-0.39, 0.29) is 6.42 Å². The topological polar surface area (TPSA) is 91.6 Å². The van der Waals surface area contributed by atoms with Crippen LogP contribution in [-0.4, -0.2) is 23.0 Å². The molecule has 2 rings (SSSR count). The van der Waals surface area contributed by atoms with Crippen LogP contribution in [0.3, 0.4) is 0 Å². The highest BCUT2D eigenvalue weighted by molar-refractivity contribution is 6.39. The van der Waals surface area contributed by atoms with Crippen molar-refractivity contribution in [2.45, 2.75) is 25.5 Å². The predicted molar refractivity (Wildman–Crippen MR) is 80.9 cm³/mol. The Kier molecular flexibility index (Phi) is 5.64. The second kappa shape index (κ2) is 7.69. The van der Waals surface area contributed by atoms with Gasteiger partial charge in [-0.3, -0.25) is 9.59 Å². The molecular weight excluding hydrogens is 322 g/mol. The standard InChI is InChI=1S/C16H16F2N2O4/c1-9(8-12(21)13-6-3-7-24-13)19-15(22)16(23)20-14-10(17)4-2-5-11(14)18/h2-7,9,12,21H,8H2,1H3,(H,19,22)(H,20,23). The Morgan fingerprint density at radius 1 is 1.17 bits per heavy atom. The summed E-state index contributed by atoms with van der Waals surface area (Å²) >= 11 is 0.